The van der Waals surface area contributed by atoms with Gasteiger partial charge in [-0.15, -0.1) is 0 Å². The quantitative estimate of drug-likeness (QED) is 0.812. The lowest BCUT2D eigenvalue weighted by Crippen LogP contribution is -2.52. The highest BCUT2D eigenvalue weighted by atomic mass is 16.5. The zero-order valence-electron chi connectivity index (χ0n) is 13.1. The van der Waals surface area contributed by atoms with Crippen molar-refractivity contribution in [3.63, 3.8) is 0 Å². The number of hydrogen-bond acceptors (Lipinski definition) is 4. The molecule has 0 unspecified atom stereocenters. The Labute approximate surface area is 129 Å². The number of fused-ring (bicyclic) bond motifs is 1. The number of rotatable bonds is 6. The molecule has 2 rings (SSSR count). The second-order valence-electron chi connectivity index (χ2n) is 5.79. The van der Waals surface area contributed by atoms with Crippen LogP contribution >= 0.6 is 0 Å². The van der Waals surface area contributed by atoms with Gasteiger partial charge in [-0.25, -0.2) is 0 Å². The van der Waals surface area contributed by atoms with E-state index < -0.39 is 11.6 Å². The van der Waals surface area contributed by atoms with Crippen LogP contribution in [0.5, 0.6) is 5.75 Å². The highest BCUT2D eigenvalue weighted by molar-refractivity contribution is 6.02. The van der Waals surface area contributed by atoms with Gasteiger partial charge < -0.3 is 19.5 Å². The van der Waals surface area contributed by atoms with E-state index in [1.807, 2.05) is 0 Å². The van der Waals surface area contributed by atoms with Crippen molar-refractivity contribution >= 4 is 17.6 Å². The Balaban J connectivity index is 2.35. The molecule has 0 fully saturated rings. The van der Waals surface area contributed by atoms with Crippen LogP contribution < -0.4 is 9.64 Å². The third-order valence-corrected chi connectivity index (χ3v) is 3.52. The highest BCUT2D eigenvalue weighted by Crippen LogP contribution is 2.38. The standard InChI is InChI=1S/C16H21NO5/c1-16(2)15(20)17(7-4-8-21-3)12-9-11(10-14(18)19)5-6-13(12)22-16/h5-6,9H,4,7-8,10H2,1-3H3,(H,18,19). The van der Waals surface area contributed by atoms with Gasteiger partial charge in [0, 0.05) is 20.3 Å². The fourth-order valence-corrected chi connectivity index (χ4v) is 2.49. The minimum atomic E-state index is -0.936. The molecule has 120 valence electrons. The zero-order chi connectivity index (χ0) is 16.3. The number of anilines is 1. The van der Waals surface area contributed by atoms with Gasteiger partial charge in [0.15, 0.2) is 5.60 Å². The number of carbonyl (C=O) groups excluding carboxylic acids is 1. The molecular formula is C16H21NO5. The van der Waals surface area contributed by atoms with Crippen molar-refractivity contribution in [1.29, 1.82) is 0 Å². The molecule has 0 bridgehead atoms. The summed E-state index contributed by atoms with van der Waals surface area (Å²) >= 11 is 0. The minimum absolute atomic E-state index is 0.0865. The van der Waals surface area contributed by atoms with Gasteiger partial charge in [0.25, 0.3) is 5.91 Å². The van der Waals surface area contributed by atoms with Crippen molar-refractivity contribution in [1.82, 2.24) is 0 Å². The largest absolute Gasteiger partial charge is 0.481 e. The number of hydrogen-bond donors (Lipinski definition) is 1. The second kappa shape index (κ2) is 6.36. The van der Waals surface area contributed by atoms with Crippen molar-refractivity contribution < 1.29 is 24.2 Å². The number of nitrogens with zero attached hydrogens (tertiary/aromatic N) is 1. The number of carboxylic acid groups (broad SMARTS) is 1. The monoisotopic (exact) mass is 307 g/mol. The van der Waals surface area contributed by atoms with Crippen LogP contribution in [-0.2, 0) is 20.7 Å². The summed E-state index contributed by atoms with van der Waals surface area (Å²) in [6.45, 7) is 4.51. The summed E-state index contributed by atoms with van der Waals surface area (Å²) in [5.41, 5.74) is 0.326. The molecule has 6 heteroatoms. The van der Waals surface area contributed by atoms with E-state index in [4.69, 9.17) is 14.6 Å². The molecule has 0 radical (unpaired) electrons. The van der Waals surface area contributed by atoms with Crippen LogP contribution in [0.1, 0.15) is 25.8 Å². The van der Waals surface area contributed by atoms with Gasteiger partial charge in [0.05, 0.1) is 12.1 Å². The molecule has 1 aromatic carbocycles. The summed E-state index contributed by atoms with van der Waals surface area (Å²) < 4.78 is 10.8. The number of aliphatic carboxylic acids is 1. The Morgan fingerprint density at radius 2 is 2.14 bits per heavy atom. The van der Waals surface area contributed by atoms with E-state index >= 15 is 0 Å². The lowest BCUT2D eigenvalue weighted by Gasteiger charge is -2.39. The van der Waals surface area contributed by atoms with Crippen molar-refractivity contribution in [2.75, 3.05) is 25.2 Å². The Hall–Kier alpha value is -2.08. The van der Waals surface area contributed by atoms with Gasteiger partial charge in [-0.2, -0.15) is 0 Å². The molecule has 1 aliphatic heterocycles. The van der Waals surface area contributed by atoms with E-state index in [0.717, 1.165) is 0 Å². The number of methoxy groups -OCH3 is 1. The van der Waals surface area contributed by atoms with Crippen LogP contribution in [0.15, 0.2) is 18.2 Å². The van der Waals surface area contributed by atoms with E-state index in [1.54, 1.807) is 44.1 Å². The van der Waals surface area contributed by atoms with Crippen LogP contribution in [0.3, 0.4) is 0 Å². The Morgan fingerprint density at radius 1 is 1.41 bits per heavy atom. The van der Waals surface area contributed by atoms with Crippen LogP contribution in [-0.4, -0.2) is 42.8 Å². The smallest absolute Gasteiger partial charge is 0.307 e. The fraction of sp³-hybridized carbons (Fsp3) is 0.500. The third-order valence-electron chi connectivity index (χ3n) is 3.52. The summed E-state index contributed by atoms with van der Waals surface area (Å²) in [5, 5.41) is 8.92. The first kappa shape index (κ1) is 16.3. The zero-order valence-corrected chi connectivity index (χ0v) is 13.1. The molecular weight excluding hydrogens is 286 g/mol. The van der Waals surface area contributed by atoms with E-state index in [1.165, 1.54) is 0 Å². The number of amides is 1. The van der Waals surface area contributed by atoms with Crippen molar-refractivity contribution in [3.8, 4) is 5.75 Å². The lowest BCUT2D eigenvalue weighted by molar-refractivity contribution is -0.136. The first-order valence-corrected chi connectivity index (χ1v) is 7.20. The third kappa shape index (κ3) is 3.39. The number of benzene rings is 1. The molecule has 22 heavy (non-hydrogen) atoms. The molecule has 0 saturated heterocycles. The molecule has 1 amide bonds. The Morgan fingerprint density at radius 3 is 2.77 bits per heavy atom. The normalized spacial score (nSPS) is 16.1. The van der Waals surface area contributed by atoms with Gasteiger partial charge in [0.1, 0.15) is 5.75 Å². The second-order valence-corrected chi connectivity index (χ2v) is 5.79. The van der Waals surface area contributed by atoms with E-state index in [-0.39, 0.29) is 12.3 Å². The predicted molar refractivity (Wildman–Crippen MR) is 81.3 cm³/mol. The minimum Gasteiger partial charge on any atom is -0.481 e. The predicted octanol–water partition coefficient (Wildman–Crippen LogP) is 1.85. The SMILES string of the molecule is COCCCN1C(=O)C(C)(C)Oc2ccc(CC(=O)O)cc21. The summed E-state index contributed by atoms with van der Waals surface area (Å²) in [7, 11) is 1.62. The molecule has 0 aliphatic carbocycles. The van der Waals surface area contributed by atoms with E-state index in [9.17, 15) is 9.59 Å². The van der Waals surface area contributed by atoms with Gasteiger partial charge in [-0.05, 0) is 38.0 Å². The molecule has 0 saturated carbocycles. The first-order chi connectivity index (χ1) is 10.3. The summed E-state index contributed by atoms with van der Waals surface area (Å²) in [4.78, 5) is 25.1. The van der Waals surface area contributed by atoms with Gasteiger partial charge in [-0.1, -0.05) is 6.07 Å². The van der Waals surface area contributed by atoms with Crippen LogP contribution in [0, 0.1) is 0 Å². The molecule has 1 N–H and O–H groups in total. The fourth-order valence-electron chi connectivity index (χ4n) is 2.49. The van der Waals surface area contributed by atoms with Gasteiger partial charge in [0.2, 0.25) is 0 Å². The average molecular weight is 307 g/mol. The maximum atomic E-state index is 12.6. The van der Waals surface area contributed by atoms with E-state index in [2.05, 4.69) is 0 Å². The molecule has 0 atom stereocenters. The molecule has 1 aromatic rings. The molecule has 1 heterocycles. The van der Waals surface area contributed by atoms with Crippen molar-refractivity contribution in [2.24, 2.45) is 0 Å². The number of ether oxygens (including phenoxy) is 2. The van der Waals surface area contributed by atoms with Crippen LogP contribution in [0.25, 0.3) is 0 Å². The summed E-state index contributed by atoms with van der Waals surface area (Å²) in [6.07, 6.45) is 0.609. The lowest BCUT2D eigenvalue weighted by atomic mass is 10.0. The maximum Gasteiger partial charge on any atom is 0.307 e. The molecule has 6 nitrogen and oxygen atoms in total. The van der Waals surface area contributed by atoms with Gasteiger partial charge in [-0.3, -0.25) is 9.59 Å². The Kier molecular flexibility index (Phi) is 4.71. The number of carboxylic acids is 1. The first-order valence-electron chi connectivity index (χ1n) is 7.20. The summed E-state index contributed by atoms with van der Waals surface area (Å²) in [6, 6.07) is 5.15. The van der Waals surface area contributed by atoms with Crippen molar-refractivity contribution in [3.05, 3.63) is 23.8 Å². The van der Waals surface area contributed by atoms with E-state index in [0.29, 0.717) is 36.6 Å². The summed E-state index contributed by atoms with van der Waals surface area (Å²) in [5.74, 6) is -0.450. The average Bonchev–Trinajstić information content (AvgIpc) is 2.43. The van der Waals surface area contributed by atoms with Crippen LogP contribution in [0.4, 0.5) is 5.69 Å². The number of carbonyl (C=O) groups is 2. The maximum absolute atomic E-state index is 12.6. The van der Waals surface area contributed by atoms with Crippen LogP contribution in [0.2, 0.25) is 0 Å². The van der Waals surface area contributed by atoms with Crippen molar-refractivity contribution in [2.45, 2.75) is 32.3 Å². The molecule has 0 spiro atoms. The topological polar surface area (TPSA) is 76.1 Å². The Bertz CT molecular complexity index is 582. The van der Waals surface area contributed by atoms with Gasteiger partial charge >= 0.3 is 5.97 Å². The highest BCUT2D eigenvalue weighted by Gasteiger charge is 2.40. The molecule has 1 aliphatic rings. The molecule has 0 aromatic heterocycles.